The maximum atomic E-state index is 6.67. The monoisotopic (exact) mass is 593 g/mol. The number of fused-ring (bicyclic) bond motifs is 10. The molecule has 0 atom stereocenters. The quantitative estimate of drug-likeness (QED) is 0.214. The van der Waals surface area contributed by atoms with Gasteiger partial charge in [0.15, 0.2) is 0 Å². The van der Waals surface area contributed by atoms with Crippen molar-refractivity contribution in [3.8, 4) is 44.5 Å². The number of para-hydroxylation sites is 1. The van der Waals surface area contributed by atoms with Crippen LogP contribution in [0.5, 0.6) is 0 Å². The second kappa shape index (κ2) is 10.1. The van der Waals surface area contributed by atoms with E-state index in [2.05, 4.69) is 145 Å². The third-order valence-electron chi connectivity index (χ3n) is 9.56. The molecule has 0 aromatic heterocycles. The van der Waals surface area contributed by atoms with Crippen LogP contribution < -0.4 is 5.32 Å². The van der Waals surface area contributed by atoms with Crippen molar-refractivity contribution < 1.29 is 0 Å². The fourth-order valence-corrected chi connectivity index (χ4v) is 7.85. The number of benzene rings is 7. The van der Waals surface area contributed by atoms with E-state index in [-0.39, 0.29) is 0 Å². The van der Waals surface area contributed by atoms with Gasteiger partial charge in [-0.3, -0.25) is 0 Å². The molecule has 1 N–H and O–H groups in total. The lowest BCUT2D eigenvalue weighted by atomic mass is 9.70. The minimum Gasteiger partial charge on any atom is -0.354 e. The van der Waals surface area contributed by atoms with E-state index in [0.29, 0.717) is 5.02 Å². The van der Waals surface area contributed by atoms with Crippen LogP contribution in [0.4, 0.5) is 11.4 Å². The van der Waals surface area contributed by atoms with Crippen LogP contribution in [0, 0.1) is 0 Å². The molecule has 0 bridgehead atoms. The van der Waals surface area contributed by atoms with Crippen molar-refractivity contribution in [2.24, 2.45) is 0 Å². The van der Waals surface area contributed by atoms with Crippen LogP contribution in [-0.2, 0) is 5.41 Å². The summed E-state index contributed by atoms with van der Waals surface area (Å²) in [7, 11) is 0. The van der Waals surface area contributed by atoms with Crippen molar-refractivity contribution in [1.29, 1.82) is 0 Å². The Balaban J connectivity index is 1.37. The first-order valence-electron chi connectivity index (χ1n) is 15.4. The van der Waals surface area contributed by atoms with Gasteiger partial charge in [0.1, 0.15) is 0 Å². The number of hydrogen-bond donors (Lipinski definition) is 1. The van der Waals surface area contributed by atoms with Gasteiger partial charge >= 0.3 is 0 Å². The topological polar surface area (TPSA) is 12.0 Å². The first-order valence-corrected chi connectivity index (χ1v) is 15.8. The zero-order valence-corrected chi connectivity index (χ0v) is 25.2. The van der Waals surface area contributed by atoms with Crippen LogP contribution in [0.2, 0.25) is 5.02 Å². The molecular weight excluding hydrogens is 566 g/mol. The average Bonchev–Trinajstić information content (AvgIpc) is 3.57. The number of hydrogen-bond acceptors (Lipinski definition) is 1. The predicted molar refractivity (Wildman–Crippen MR) is 188 cm³/mol. The summed E-state index contributed by atoms with van der Waals surface area (Å²) in [6.45, 7) is 0. The maximum Gasteiger partial charge on any atom is 0.0726 e. The van der Waals surface area contributed by atoms with E-state index in [9.17, 15) is 0 Å². The fraction of sp³-hybridized carbons (Fsp3) is 0.0233. The third-order valence-corrected chi connectivity index (χ3v) is 9.89. The van der Waals surface area contributed by atoms with Gasteiger partial charge in [-0.25, -0.2) is 0 Å². The van der Waals surface area contributed by atoms with Crippen molar-refractivity contribution in [2.75, 3.05) is 5.32 Å². The second-order valence-electron chi connectivity index (χ2n) is 11.9. The van der Waals surface area contributed by atoms with E-state index in [1.807, 2.05) is 24.3 Å². The number of halogens is 1. The number of anilines is 2. The highest BCUT2D eigenvalue weighted by Crippen LogP contribution is 2.64. The molecule has 45 heavy (non-hydrogen) atoms. The van der Waals surface area contributed by atoms with Crippen LogP contribution in [0.25, 0.3) is 44.5 Å². The van der Waals surface area contributed by atoms with E-state index >= 15 is 0 Å². The summed E-state index contributed by atoms with van der Waals surface area (Å²) in [4.78, 5) is 0. The van der Waals surface area contributed by atoms with Crippen molar-refractivity contribution >= 4 is 23.0 Å². The molecule has 7 aromatic rings. The van der Waals surface area contributed by atoms with E-state index in [4.69, 9.17) is 11.6 Å². The van der Waals surface area contributed by atoms with E-state index in [1.165, 1.54) is 66.8 Å². The van der Waals surface area contributed by atoms with Crippen LogP contribution in [-0.4, -0.2) is 0 Å². The first kappa shape index (κ1) is 26.1. The molecular formula is C43H28ClN. The summed E-state index contributed by atoms with van der Waals surface area (Å²) in [6, 6.07) is 59.1. The molecule has 1 spiro atoms. The van der Waals surface area contributed by atoms with Gasteiger partial charge in [-0.2, -0.15) is 0 Å². The van der Waals surface area contributed by atoms with Crippen LogP contribution in [0.3, 0.4) is 0 Å². The SMILES string of the molecule is Clc1ccccc1Nc1cccc2c1-c1ccccc1C21c2cc(-c3ccccc3)ccc2-c2ccc(-c3ccccc3)cc21. The van der Waals surface area contributed by atoms with Gasteiger partial charge in [-0.15, -0.1) is 0 Å². The molecule has 9 rings (SSSR count). The van der Waals surface area contributed by atoms with Gasteiger partial charge < -0.3 is 5.32 Å². The molecule has 2 aliphatic carbocycles. The molecule has 0 heterocycles. The zero-order valence-electron chi connectivity index (χ0n) is 24.5. The van der Waals surface area contributed by atoms with Crippen molar-refractivity contribution in [1.82, 2.24) is 0 Å². The highest BCUT2D eigenvalue weighted by atomic mass is 35.5. The van der Waals surface area contributed by atoms with Gasteiger partial charge in [0.25, 0.3) is 0 Å². The molecule has 2 heteroatoms. The molecule has 0 unspecified atom stereocenters. The summed E-state index contributed by atoms with van der Waals surface area (Å²) in [5.41, 5.74) is 16.7. The standard InChI is InChI=1S/C43H28ClN/c44-39-19-9-10-20-40(39)45-41-21-11-18-36-42(41)34-16-7-8-17-35(34)43(36)37-26-30(28-12-3-1-4-13-28)22-24-32(37)33-25-23-31(27-38(33)43)29-14-5-2-6-15-29/h1-27,45H. The third kappa shape index (κ3) is 3.81. The minimum absolute atomic E-state index is 0.482. The van der Waals surface area contributed by atoms with Crippen LogP contribution in [0.1, 0.15) is 22.3 Å². The number of rotatable bonds is 4. The molecule has 2 aliphatic rings. The molecule has 0 fully saturated rings. The van der Waals surface area contributed by atoms with Crippen molar-refractivity contribution in [3.05, 3.63) is 191 Å². The van der Waals surface area contributed by atoms with Gasteiger partial charge in [0.2, 0.25) is 0 Å². The Morgan fingerprint density at radius 2 is 0.911 bits per heavy atom. The molecule has 212 valence electrons. The Kier molecular flexibility index (Phi) is 5.84. The Hall–Kier alpha value is -5.37. The molecule has 0 saturated carbocycles. The lowest BCUT2D eigenvalue weighted by Crippen LogP contribution is -2.26. The first-order chi connectivity index (χ1) is 22.2. The normalized spacial score (nSPS) is 13.2. The van der Waals surface area contributed by atoms with E-state index in [1.54, 1.807) is 0 Å². The number of nitrogens with one attached hydrogen (secondary N) is 1. The Morgan fingerprint density at radius 3 is 1.56 bits per heavy atom. The molecule has 7 aromatic carbocycles. The lowest BCUT2D eigenvalue weighted by Gasteiger charge is -2.31. The fourth-order valence-electron chi connectivity index (χ4n) is 7.66. The van der Waals surface area contributed by atoms with Gasteiger partial charge in [0, 0.05) is 11.3 Å². The summed E-state index contributed by atoms with van der Waals surface area (Å²) < 4.78 is 0. The summed E-state index contributed by atoms with van der Waals surface area (Å²) in [5, 5.41) is 4.41. The van der Waals surface area contributed by atoms with Gasteiger partial charge in [-0.1, -0.05) is 145 Å². The highest BCUT2D eigenvalue weighted by molar-refractivity contribution is 6.33. The zero-order chi connectivity index (χ0) is 30.0. The Morgan fingerprint density at radius 1 is 0.378 bits per heavy atom. The summed E-state index contributed by atoms with van der Waals surface area (Å²) >= 11 is 6.67. The molecule has 0 saturated heterocycles. The average molecular weight is 594 g/mol. The second-order valence-corrected chi connectivity index (χ2v) is 12.3. The molecule has 0 amide bonds. The summed E-state index contributed by atoms with van der Waals surface area (Å²) in [6.07, 6.45) is 0. The van der Waals surface area contributed by atoms with Crippen LogP contribution >= 0.6 is 11.6 Å². The minimum atomic E-state index is -0.482. The molecule has 0 radical (unpaired) electrons. The van der Waals surface area contributed by atoms with Gasteiger partial charge in [-0.05, 0) is 91.5 Å². The largest absolute Gasteiger partial charge is 0.354 e. The van der Waals surface area contributed by atoms with E-state index < -0.39 is 5.41 Å². The Labute approximate surface area is 268 Å². The van der Waals surface area contributed by atoms with Crippen LogP contribution in [0.15, 0.2) is 164 Å². The lowest BCUT2D eigenvalue weighted by molar-refractivity contribution is 0.794. The van der Waals surface area contributed by atoms with E-state index in [0.717, 1.165) is 11.4 Å². The predicted octanol–water partition coefficient (Wildman–Crippen LogP) is 11.8. The van der Waals surface area contributed by atoms with Crippen molar-refractivity contribution in [3.63, 3.8) is 0 Å². The van der Waals surface area contributed by atoms with Gasteiger partial charge in [0.05, 0.1) is 16.1 Å². The summed E-state index contributed by atoms with van der Waals surface area (Å²) in [5.74, 6) is 0. The Bertz CT molecular complexity index is 2160. The van der Waals surface area contributed by atoms with Crippen molar-refractivity contribution in [2.45, 2.75) is 5.41 Å². The smallest absolute Gasteiger partial charge is 0.0726 e. The molecule has 1 nitrogen and oxygen atoms in total. The maximum absolute atomic E-state index is 6.67. The highest BCUT2D eigenvalue weighted by Gasteiger charge is 2.52. The molecule has 0 aliphatic heterocycles.